The zero-order valence-corrected chi connectivity index (χ0v) is 18.4. The summed E-state index contributed by atoms with van der Waals surface area (Å²) in [6, 6.07) is 18.6. The zero-order chi connectivity index (χ0) is 23.8. The number of anilines is 1. The highest BCUT2D eigenvalue weighted by atomic mass is 16.5. The Balaban J connectivity index is 1.64. The number of hydrogen-bond acceptors (Lipinski definition) is 7. The first-order valence-electron chi connectivity index (χ1n) is 10.5. The first kappa shape index (κ1) is 21.4. The summed E-state index contributed by atoms with van der Waals surface area (Å²) in [5.74, 6) is -0.216. The van der Waals surface area contributed by atoms with Crippen molar-refractivity contribution in [3.63, 3.8) is 0 Å². The fourth-order valence-electron chi connectivity index (χ4n) is 4.23. The van der Waals surface area contributed by atoms with Crippen LogP contribution in [0.4, 0.5) is 5.69 Å². The summed E-state index contributed by atoms with van der Waals surface area (Å²) >= 11 is 0. The Morgan fingerprint density at radius 1 is 1.00 bits per heavy atom. The molecule has 172 valence electrons. The maximum Gasteiger partial charge on any atom is 0.344 e. The van der Waals surface area contributed by atoms with Crippen molar-refractivity contribution in [2.24, 2.45) is 0 Å². The number of phenols is 1. The van der Waals surface area contributed by atoms with Crippen LogP contribution in [-0.4, -0.2) is 31.3 Å². The highest BCUT2D eigenvalue weighted by Crippen LogP contribution is 2.45. The van der Waals surface area contributed by atoms with E-state index in [-0.39, 0.29) is 17.1 Å². The molecule has 1 aliphatic heterocycles. The van der Waals surface area contributed by atoms with Gasteiger partial charge in [-0.3, -0.25) is 4.79 Å². The van der Waals surface area contributed by atoms with Gasteiger partial charge in [0, 0.05) is 11.8 Å². The highest BCUT2D eigenvalue weighted by molar-refractivity contribution is 5.97. The molecule has 5 rings (SSSR count). The van der Waals surface area contributed by atoms with Gasteiger partial charge in [-0.15, -0.1) is 0 Å². The quantitative estimate of drug-likeness (QED) is 0.434. The number of aromatic hydroxyl groups is 1. The normalized spacial score (nSPS) is 16.5. The number of rotatable bonds is 5. The van der Waals surface area contributed by atoms with E-state index in [1.165, 1.54) is 20.3 Å². The zero-order valence-electron chi connectivity index (χ0n) is 18.4. The average molecular weight is 459 g/mol. The molecule has 2 N–H and O–H groups in total. The van der Waals surface area contributed by atoms with E-state index in [9.17, 15) is 14.7 Å². The molecule has 8 heteroatoms. The first-order chi connectivity index (χ1) is 16.5. The van der Waals surface area contributed by atoms with Crippen LogP contribution in [0.3, 0.4) is 0 Å². The third-order valence-electron chi connectivity index (χ3n) is 5.82. The van der Waals surface area contributed by atoms with Crippen molar-refractivity contribution in [1.82, 2.24) is 0 Å². The molecule has 0 spiro atoms. The lowest BCUT2D eigenvalue weighted by Crippen LogP contribution is -2.35. The predicted molar refractivity (Wildman–Crippen MR) is 125 cm³/mol. The van der Waals surface area contributed by atoms with Gasteiger partial charge in [0.2, 0.25) is 0 Å². The number of phenolic OH excluding ortho intramolecular Hbond substituents is 1. The number of benzene rings is 3. The van der Waals surface area contributed by atoms with Gasteiger partial charge in [-0.1, -0.05) is 24.3 Å². The predicted octanol–water partition coefficient (Wildman–Crippen LogP) is 4.05. The van der Waals surface area contributed by atoms with Crippen molar-refractivity contribution >= 4 is 22.6 Å². The highest BCUT2D eigenvalue weighted by Gasteiger charge is 2.44. The van der Waals surface area contributed by atoms with Crippen LogP contribution >= 0.6 is 0 Å². The number of carbonyl (C=O) groups excluding carboxylic acids is 1. The molecule has 0 radical (unpaired) electrons. The topological polar surface area (TPSA) is 107 Å². The molecule has 0 saturated carbocycles. The van der Waals surface area contributed by atoms with Gasteiger partial charge in [0.1, 0.15) is 17.1 Å². The molecular formula is C26H21NO7. The molecule has 0 unspecified atom stereocenters. The van der Waals surface area contributed by atoms with E-state index in [1.807, 2.05) is 0 Å². The van der Waals surface area contributed by atoms with Crippen LogP contribution in [0, 0.1) is 0 Å². The summed E-state index contributed by atoms with van der Waals surface area (Å²) in [5.41, 5.74) is 1.08. The Kier molecular flexibility index (Phi) is 5.33. The van der Waals surface area contributed by atoms with Crippen LogP contribution in [0.5, 0.6) is 23.0 Å². The van der Waals surface area contributed by atoms with Crippen LogP contribution in [0.1, 0.15) is 17.0 Å². The van der Waals surface area contributed by atoms with Crippen molar-refractivity contribution in [2.45, 2.75) is 12.0 Å². The van der Waals surface area contributed by atoms with Crippen LogP contribution in [-0.2, 0) is 4.79 Å². The largest absolute Gasteiger partial charge is 0.504 e. The number of nitrogens with one attached hydrogen (secondary N) is 1. The molecule has 1 amide bonds. The van der Waals surface area contributed by atoms with Gasteiger partial charge in [0.25, 0.3) is 5.91 Å². The van der Waals surface area contributed by atoms with E-state index >= 15 is 0 Å². The fourth-order valence-corrected chi connectivity index (χ4v) is 4.23. The molecule has 0 saturated heterocycles. The van der Waals surface area contributed by atoms with Gasteiger partial charge in [0.05, 0.1) is 31.1 Å². The minimum Gasteiger partial charge on any atom is -0.504 e. The number of methoxy groups -OCH3 is 2. The Labute approximate surface area is 194 Å². The van der Waals surface area contributed by atoms with E-state index in [4.69, 9.17) is 18.6 Å². The molecule has 8 nitrogen and oxygen atoms in total. The van der Waals surface area contributed by atoms with Gasteiger partial charge in [-0.2, -0.15) is 0 Å². The summed E-state index contributed by atoms with van der Waals surface area (Å²) in [6.07, 6.45) is -1.08. The third-order valence-corrected chi connectivity index (χ3v) is 5.82. The number of hydrogen-bond donors (Lipinski definition) is 2. The minimum atomic E-state index is -1.08. The van der Waals surface area contributed by atoms with Gasteiger partial charge in [0.15, 0.2) is 17.6 Å². The second-order valence-corrected chi connectivity index (χ2v) is 7.80. The third kappa shape index (κ3) is 3.59. The van der Waals surface area contributed by atoms with Crippen LogP contribution < -0.4 is 25.2 Å². The van der Waals surface area contributed by atoms with E-state index in [1.54, 1.807) is 60.7 Å². The van der Waals surface area contributed by atoms with Crippen LogP contribution in [0.2, 0.25) is 0 Å². The molecule has 0 aliphatic carbocycles. The standard InChI is InChI=1S/C26H21NO7/c1-31-16-7-5-6-15(13-16)27-25(29)24-21(14-10-11-18(28)20(12-14)32-2)22-23(34-24)17-8-3-4-9-19(17)33-26(22)30/h3-13,21,24,28H,1-2H3,(H,27,29)/t21-,24+/m1/s1. The molecule has 3 aromatic carbocycles. The molecule has 2 atom stereocenters. The van der Waals surface area contributed by atoms with E-state index in [0.29, 0.717) is 33.7 Å². The summed E-state index contributed by atoms with van der Waals surface area (Å²) < 4.78 is 22.2. The molecular weight excluding hydrogens is 438 g/mol. The van der Waals surface area contributed by atoms with Crippen molar-refractivity contribution < 1.29 is 28.5 Å². The maximum atomic E-state index is 13.4. The lowest BCUT2D eigenvalue weighted by Gasteiger charge is -2.19. The molecule has 0 fully saturated rings. The Morgan fingerprint density at radius 2 is 1.82 bits per heavy atom. The molecule has 0 bridgehead atoms. The molecule has 1 aliphatic rings. The second kappa shape index (κ2) is 8.47. The first-order valence-corrected chi connectivity index (χ1v) is 10.5. The molecule has 34 heavy (non-hydrogen) atoms. The molecule has 4 aromatic rings. The summed E-state index contributed by atoms with van der Waals surface area (Å²) in [5, 5.41) is 13.5. The summed E-state index contributed by atoms with van der Waals surface area (Å²) in [6.45, 7) is 0. The fraction of sp³-hybridized carbons (Fsp3) is 0.154. The molecule has 2 heterocycles. The van der Waals surface area contributed by atoms with Crippen molar-refractivity contribution in [2.75, 3.05) is 19.5 Å². The minimum absolute atomic E-state index is 0.0617. The Bertz CT molecular complexity index is 1460. The second-order valence-electron chi connectivity index (χ2n) is 7.80. The van der Waals surface area contributed by atoms with Gasteiger partial charge >= 0.3 is 5.63 Å². The Hall–Kier alpha value is -4.46. The van der Waals surface area contributed by atoms with Crippen LogP contribution in [0.25, 0.3) is 11.0 Å². The number of ether oxygens (including phenoxy) is 3. The maximum absolute atomic E-state index is 13.4. The number of para-hydroxylation sites is 1. The van der Waals surface area contributed by atoms with Crippen LogP contribution in [0.15, 0.2) is 75.9 Å². The monoisotopic (exact) mass is 459 g/mol. The SMILES string of the molecule is COc1cccc(NC(=O)[C@H]2Oc3c(c(=O)oc4ccccc34)[C@H]2c2ccc(O)c(OC)c2)c1. The van der Waals surface area contributed by atoms with Crippen molar-refractivity contribution in [1.29, 1.82) is 0 Å². The number of amides is 1. The van der Waals surface area contributed by atoms with Gasteiger partial charge in [-0.05, 0) is 42.0 Å². The lowest BCUT2D eigenvalue weighted by molar-refractivity contribution is -0.122. The van der Waals surface area contributed by atoms with Gasteiger partial charge < -0.3 is 29.1 Å². The smallest absolute Gasteiger partial charge is 0.344 e. The number of carbonyl (C=O) groups is 1. The lowest BCUT2D eigenvalue weighted by atomic mass is 9.88. The number of fused-ring (bicyclic) bond motifs is 3. The van der Waals surface area contributed by atoms with Gasteiger partial charge in [-0.25, -0.2) is 4.79 Å². The average Bonchev–Trinajstić information content (AvgIpc) is 3.26. The summed E-state index contributed by atoms with van der Waals surface area (Å²) in [4.78, 5) is 26.5. The van der Waals surface area contributed by atoms with Crippen molar-refractivity contribution in [3.05, 3.63) is 88.3 Å². The van der Waals surface area contributed by atoms with E-state index in [0.717, 1.165) is 0 Å². The van der Waals surface area contributed by atoms with E-state index < -0.39 is 23.6 Å². The Morgan fingerprint density at radius 3 is 2.62 bits per heavy atom. The van der Waals surface area contributed by atoms with E-state index in [2.05, 4.69) is 5.32 Å². The summed E-state index contributed by atoms with van der Waals surface area (Å²) in [7, 11) is 2.96. The molecule has 1 aromatic heterocycles. The van der Waals surface area contributed by atoms with Crippen molar-refractivity contribution in [3.8, 4) is 23.0 Å².